The van der Waals surface area contributed by atoms with E-state index >= 15 is 0 Å². The molecule has 1 atom stereocenters. The van der Waals surface area contributed by atoms with Crippen molar-refractivity contribution in [3.05, 3.63) is 0 Å². The summed E-state index contributed by atoms with van der Waals surface area (Å²) in [7, 11) is 1.72. The zero-order chi connectivity index (χ0) is 8.69. The van der Waals surface area contributed by atoms with Crippen LogP contribution in [0.3, 0.4) is 0 Å². The van der Waals surface area contributed by atoms with Crippen LogP contribution in [0.4, 0.5) is 0 Å². The van der Waals surface area contributed by atoms with E-state index < -0.39 is 6.10 Å². The van der Waals surface area contributed by atoms with Gasteiger partial charge in [0.05, 0.1) is 6.10 Å². The smallest absolute Gasteiger partial charge is 0.240 e. The molecule has 0 saturated carbocycles. The zero-order valence-electron chi connectivity index (χ0n) is 6.76. The fraction of sp³-hybridized carbons (Fsp3) is 0.833. The molecule has 0 radical (unpaired) electrons. The van der Waals surface area contributed by atoms with Gasteiger partial charge in [-0.1, -0.05) is 0 Å². The summed E-state index contributed by atoms with van der Waals surface area (Å²) in [4.78, 5) is 14.9. The van der Waals surface area contributed by atoms with Gasteiger partial charge in [-0.2, -0.15) is 0 Å². The molecule has 0 rings (SSSR count). The Labute approximate surface area is 65.7 Å². The number of aliphatic hydroxyl groups is 1. The number of amides is 1. The van der Waals surface area contributed by atoms with Crippen LogP contribution in [0.25, 0.3) is 0 Å². The fourth-order valence-corrected chi connectivity index (χ4v) is 0.534. The highest BCUT2D eigenvalue weighted by Gasteiger charge is 2.01. The van der Waals surface area contributed by atoms with Gasteiger partial charge in [0.2, 0.25) is 5.91 Å². The monoisotopic (exact) mass is 162 g/mol. The van der Waals surface area contributed by atoms with Crippen molar-refractivity contribution in [2.45, 2.75) is 13.0 Å². The van der Waals surface area contributed by atoms with Crippen LogP contribution in [-0.2, 0) is 9.63 Å². The van der Waals surface area contributed by atoms with Gasteiger partial charge in [0.15, 0.2) is 0 Å². The molecule has 0 aromatic carbocycles. The minimum atomic E-state index is -0.591. The molecule has 11 heavy (non-hydrogen) atoms. The predicted octanol–water partition coefficient (Wildman–Crippen LogP) is -1.37. The standard InChI is InChI=1S/C6H14N2O3/c1-5(9)8-11-4-6(10)3-7-2/h6-7,10H,3-4H2,1-2H3,(H,8,9). The lowest BCUT2D eigenvalue weighted by molar-refractivity contribution is -0.133. The molecule has 66 valence electrons. The van der Waals surface area contributed by atoms with E-state index in [1.807, 2.05) is 0 Å². The molecule has 0 bridgehead atoms. The van der Waals surface area contributed by atoms with Gasteiger partial charge in [0.1, 0.15) is 6.61 Å². The van der Waals surface area contributed by atoms with Crippen molar-refractivity contribution in [2.75, 3.05) is 20.2 Å². The molecule has 1 amide bonds. The lowest BCUT2D eigenvalue weighted by atomic mass is 10.4. The Kier molecular flexibility index (Phi) is 5.73. The molecule has 0 spiro atoms. The number of rotatable bonds is 5. The minimum absolute atomic E-state index is 0.0976. The molecule has 0 aliphatic rings. The lowest BCUT2D eigenvalue weighted by Crippen LogP contribution is -2.32. The number of hydrogen-bond acceptors (Lipinski definition) is 4. The normalized spacial score (nSPS) is 12.6. The van der Waals surface area contributed by atoms with Crippen molar-refractivity contribution < 1.29 is 14.7 Å². The third kappa shape index (κ3) is 7.24. The van der Waals surface area contributed by atoms with E-state index in [2.05, 4.69) is 15.6 Å². The van der Waals surface area contributed by atoms with Crippen molar-refractivity contribution in [1.82, 2.24) is 10.8 Å². The Bertz CT molecular complexity index is 118. The molecule has 0 aromatic heterocycles. The van der Waals surface area contributed by atoms with Crippen LogP contribution in [0.15, 0.2) is 0 Å². The second-order valence-corrected chi connectivity index (χ2v) is 2.18. The Morgan fingerprint density at radius 1 is 1.73 bits per heavy atom. The molecular weight excluding hydrogens is 148 g/mol. The molecule has 0 aromatic rings. The Morgan fingerprint density at radius 3 is 2.82 bits per heavy atom. The van der Waals surface area contributed by atoms with Gasteiger partial charge in [-0.3, -0.25) is 9.63 Å². The fourth-order valence-electron chi connectivity index (χ4n) is 0.534. The lowest BCUT2D eigenvalue weighted by Gasteiger charge is -2.09. The number of carbonyl (C=O) groups excluding carboxylic acids is 1. The maximum absolute atomic E-state index is 10.2. The van der Waals surface area contributed by atoms with Crippen LogP contribution >= 0.6 is 0 Å². The SMILES string of the molecule is CNCC(O)CONC(C)=O. The van der Waals surface area contributed by atoms with Gasteiger partial charge < -0.3 is 10.4 Å². The third-order valence-electron chi connectivity index (χ3n) is 0.931. The summed E-state index contributed by atoms with van der Waals surface area (Å²) in [5.74, 6) is -0.276. The van der Waals surface area contributed by atoms with Gasteiger partial charge in [0.25, 0.3) is 0 Å². The van der Waals surface area contributed by atoms with E-state index in [-0.39, 0.29) is 12.5 Å². The second-order valence-electron chi connectivity index (χ2n) is 2.18. The van der Waals surface area contributed by atoms with Gasteiger partial charge >= 0.3 is 0 Å². The van der Waals surface area contributed by atoms with Gasteiger partial charge in [-0.15, -0.1) is 0 Å². The van der Waals surface area contributed by atoms with E-state index in [9.17, 15) is 4.79 Å². The number of carbonyl (C=O) groups is 1. The van der Waals surface area contributed by atoms with Crippen molar-refractivity contribution >= 4 is 5.91 Å². The molecule has 0 saturated heterocycles. The van der Waals surface area contributed by atoms with Crippen LogP contribution in [0.5, 0.6) is 0 Å². The first-order valence-corrected chi connectivity index (χ1v) is 3.38. The molecular formula is C6H14N2O3. The summed E-state index contributed by atoms with van der Waals surface area (Å²) in [5.41, 5.74) is 2.11. The molecule has 0 aliphatic carbocycles. The summed E-state index contributed by atoms with van der Waals surface area (Å²) < 4.78 is 0. The highest BCUT2D eigenvalue weighted by Crippen LogP contribution is 1.79. The average molecular weight is 162 g/mol. The molecule has 1 unspecified atom stereocenters. The highest BCUT2D eigenvalue weighted by atomic mass is 16.7. The Balaban J connectivity index is 3.16. The van der Waals surface area contributed by atoms with E-state index in [0.29, 0.717) is 6.54 Å². The quantitative estimate of drug-likeness (QED) is 0.436. The van der Waals surface area contributed by atoms with Crippen molar-refractivity contribution in [1.29, 1.82) is 0 Å². The number of aliphatic hydroxyl groups excluding tert-OH is 1. The van der Waals surface area contributed by atoms with E-state index in [0.717, 1.165) is 0 Å². The van der Waals surface area contributed by atoms with Crippen LogP contribution in [0.2, 0.25) is 0 Å². The van der Waals surface area contributed by atoms with E-state index in [1.165, 1.54) is 6.92 Å². The first-order valence-electron chi connectivity index (χ1n) is 3.38. The largest absolute Gasteiger partial charge is 0.389 e. The number of nitrogens with one attached hydrogen (secondary N) is 2. The molecule has 3 N–H and O–H groups in total. The van der Waals surface area contributed by atoms with Crippen LogP contribution in [-0.4, -0.2) is 37.3 Å². The molecule has 0 fully saturated rings. The Hall–Kier alpha value is -0.650. The zero-order valence-corrected chi connectivity index (χ0v) is 6.76. The van der Waals surface area contributed by atoms with Crippen LogP contribution in [0, 0.1) is 0 Å². The second kappa shape index (κ2) is 6.09. The van der Waals surface area contributed by atoms with Gasteiger partial charge in [0, 0.05) is 13.5 Å². The first-order chi connectivity index (χ1) is 5.16. The molecule has 0 aliphatic heterocycles. The van der Waals surface area contributed by atoms with Crippen LogP contribution < -0.4 is 10.8 Å². The summed E-state index contributed by atoms with van der Waals surface area (Å²) in [5, 5.41) is 11.8. The number of hydrogen-bond donors (Lipinski definition) is 3. The molecule has 0 heterocycles. The average Bonchev–Trinajstić information content (AvgIpc) is 1.87. The highest BCUT2D eigenvalue weighted by molar-refractivity contribution is 5.71. The summed E-state index contributed by atoms with van der Waals surface area (Å²) in [6.45, 7) is 1.88. The maximum atomic E-state index is 10.2. The Morgan fingerprint density at radius 2 is 2.36 bits per heavy atom. The van der Waals surface area contributed by atoms with Gasteiger partial charge in [-0.25, -0.2) is 5.48 Å². The molecule has 5 heteroatoms. The van der Waals surface area contributed by atoms with E-state index in [1.54, 1.807) is 7.05 Å². The summed E-state index contributed by atoms with van der Waals surface area (Å²) in [6, 6.07) is 0. The van der Waals surface area contributed by atoms with Crippen molar-refractivity contribution in [2.24, 2.45) is 0 Å². The number of hydroxylamine groups is 1. The van der Waals surface area contributed by atoms with Crippen LogP contribution in [0.1, 0.15) is 6.92 Å². The summed E-state index contributed by atoms with van der Waals surface area (Å²) >= 11 is 0. The van der Waals surface area contributed by atoms with Crippen molar-refractivity contribution in [3.63, 3.8) is 0 Å². The topological polar surface area (TPSA) is 70.6 Å². The minimum Gasteiger partial charge on any atom is -0.389 e. The molecule has 5 nitrogen and oxygen atoms in total. The first kappa shape index (κ1) is 10.3. The van der Waals surface area contributed by atoms with Crippen molar-refractivity contribution in [3.8, 4) is 0 Å². The summed E-state index contributed by atoms with van der Waals surface area (Å²) in [6.07, 6.45) is -0.591. The van der Waals surface area contributed by atoms with Gasteiger partial charge in [-0.05, 0) is 7.05 Å². The third-order valence-corrected chi connectivity index (χ3v) is 0.931. The number of likely N-dealkylation sites (N-methyl/N-ethyl adjacent to an activating group) is 1. The predicted molar refractivity (Wildman–Crippen MR) is 39.7 cm³/mol. The van der Waals surface area contributed by atoms with E-state index in [4.69, 9.17) is 5.11 Å². The maximum Gasteiger partial charge on any atom is 0.240 e.